The van der Waals surface area contributed by atoms with E-state index >= 15 is 0 Å². The van der Waals surface area contributed by atoms with Gasteiger partial charge in [0, 0.05) is 5.25 Å². The van der Waals surface area contributed by atoms with Gasteiger partial charge in [-0.3, -0.25) is 4.99 Å². The largest absolute Gasteiger partial charge is 0.334 e. The summed E-state index contributed by atoms with van der Waals surface area (Å²) in [6.45, 7) is 3.08. The standard InChI is InChI=1S/C12H14Cl2N2S/c1-2-4-8-7-15-12(17-8)16-10-6-3-5-9(13)11(10)14/h3,5-6,8H,2,4,7H2,1H3,(H,15,16). The van der Waals surface area contributed by atoms with Gasteiger partial charge in [-0.05, 0) is 18.6 Å². The Labute approximate surface area is 116 Å². The molecule has 0 spiro atoms. The number of benzene rings is 1. The van der Waals surface area contributed by atoms with E-state index in [1.165, 1.54) is 12.8 Å². The van der Waals surface area contributed by atoms with Gasteiger partial charge in [0.25, 0.3) is 0 Å². The summed E-state index contributed by atoms with van der Waals surface area (Å²) in [6.07, 6.45) is 2.39. The molecule has 0 aliphatic carbocycles. The maximum atomic E-state index is 6.11. The SMILES string of the molecule is CCCC1CN=C(Nc2cccc(Cl)c2Cl)S1. The zero-order valence-corrected chi connectivity index (χ0v) is 11.9. The normalized spacial score (nSPS) is 19.2. The highest BCUT2D eigenvalue weighted by Crippen LogP contribution is 2.32. The van der Waals surface area contributed by atoms with Crippen molar-refractivity contribution in [3.05, 3.63) is 28.2 Å². The summed E-state index contributed by atoms with van der Waals surface area (Å²) in [6, 6.07) is 5.56. The minimum absolute atomic E-state index is 0.552. The third-order valence-corrected chi connectivity index (χ3v) is 4.51. The van der Waals surface area contributed by atoms with Crippen LogP contribution in [0, 0.1) is 0 Å². The van der Waals surface area contributed by atoms with Crippen LogP contribution in [0.1, 0.15) is 19.8 Å². The van der Waals surface area contributed by atoms with Crippen LogP contribution in [0.5, 0.6) is 0 Å². The number of nitrogens with zero attached hydrogens (tertiary/aromatic N) is 1. The van der Waals surface area contributed by atoms with Gasteiger partial charge in [-0.15, -0.1) is 0 Å². The molecule has 1 aromatic carbocycles. The lowest BCUT2D eigenvalue weighted by Gasteiger charge is -2.09. The first-order chi connectivity index (χ1) is 8.20. The third-order valence-electron chi connectivity index (χ3n) is 2.52. The first-order valence-electron chi connectivity index (χ1n) is 5.63. The molecule has 5 heteroatoms. The van der Waals surface area contributed by atoms with E-state index in [9.17, 15) is 0 Å². The topological polar surface area (TPSA) is 24.4 Å². The minimum Gasteiger partial charge on any atom is -0.334 e. The first-order valence-corrected chi connectivity index (χ1v) is 7.26. The highest BCUT2D eigenvalue weighted by molar-refractivity contribution is 8.15. The van der Waals surface area contributed by atoms with Gasteiger partial charge in [0.2, 0.25) is 0 Å². The Hall–Kier alpha value is -0.380. The highest BCUT2D eigenvalue weighted by Gasteiger charge is 2.19. The summed E-state index contributed by atoms with van der Waals surface area (Å²) in [5.74, 6) is 0. The molecule has 2 nitrogen and oxygen atoms in total. The van der Waals surface area contributed by atoms with Gasteiger partial charge in [0.15, 0.2) is 5.17 Å². The molecule has 1 aliphatic rings. The molecule has 0 saturated heterocycles. The zero-order valence-electron chi connectivity index (χ0n) is 9.54. The van der Waals surface area contributed by atoms with Gasteiger partial charge in [-0.25, -0.2) is 0 Å². The number of aliphatic imine (C=N–C) groups is 1. The number of amidine groups is 1. The molecule has 0 radical (unpaired) electrons. The number of hydrogen-bond donors (Lipinski definition) is 1. The predicted octanol–water partition coefficient (Wildman–Crippen LogP) is 4.68. The van der Waals surface area contributed by atoms with Crippen LogP contribution in [0.2, 0.25) is 10.0 Å². The van der Waals surface area contributed by atoms with Gasteiger partial charge >= 0.3 is 0 Å². The molecule has 17 heavy (non-hydrogen) atoms. The molecule has 1 N–H and O–H groups in total. The number of anilines is 1. The van der Waals surface area contributed by atoms with E-state index in [1.54, 1.807) is 17.8 Å². The molecule has 92 valence electrons. The Morgan fingerprint density at radius 2 is 2.29 bits per heavy atom. The zero-order chi connectivity index (χ0) is 12.3. The Bertz CT molecular complexity index is 435. The van der Waals surface area contributed by atoms with E-state index < -0.39 is 0 Å². The molecule has 1 aliphatic heterocycles. The molecule has 1 atom stereocenters. The molecule has 0 saturated carbocycles. The molecule has 0 aromatic heterocycles. The van der Waals surface area contributed by atoms with E-state index in [-0.39, 0.29) is 0 Å². The van der Waals surface area contributed by atoms with Gasteiger partial charge < -0.3 is 5.32 Å². The Kier molecular flexibility index (Phi) is 4.60. The van der Waals surface area contributed by atoms with Crippen molar-refractivity contribution in [1.82, 2.24) is 0 Å². The number of nitrogens with one attached hydrogen (secondary N) is 1. The second-order valence-electron chi connectivity index (χ2n) is 3.90. The molecule has 2 rings (SSSR count). The fraction of sp³-hybridized carbons (Fsp3) is 0.417. The van der Waals surface area contributed by atoms with E-state index in [0.717, 1.165) is 17.4 Å². The average Bonchev–Trinajstić information content (AvgIpc) is 2.73. The highest BCUT2D eigenvalue weighted by atomic mass is 35.5. The van der Waals surface area contributed by atoms with Crippen molar-refractivity contribution in [2.75, 3.05) is 11.9 Å². The van der Waals surface area contributed by atoms with Crippen molar-refractivity contribution >= 4 is 45.8 Å². The van der Waals surface area contributed by atoms with Crippen LogP contribution < -0.4 is 5.32 Å². The van der Waals surface area contributed by atoms with Crippen LogP contribution in [0.25, 0.3) is 0 Å². The predicted molar refractivity (Wildman–Crippen MR) is 78.7 cm³/mol. The van der Waals surface area contributed by atoms with Crippen LogP contribution in [-0.4, -0.2) is 17.0 Å². The molecule has 0 bridgehead atoms. The van der Waals surface area contributed by atoms with Crippen molar-refractivity contribution in [2.24, 2.45) is 4.99 Å². The molecule has 1 heterocycles. The van der Waals surface area contributed by atoms with Gasteiger partial charge in [0.05, 0.1) is 22.3 Å². The van der Waals surface area contributed by atoms with Crippen molar-refractivity contribution in [2.45, 2.75) is 25.0 Å². The minimum atomic E-state index is 0.552. The maximum Gasteiger partial charge on any atom is 0.161 e. The van der Waals surface area contributed by atoms with Gasteiger partial charge in [-0.1, -0.05) is 54.4 Å². The summed E-state index contributed by atoms with van der Waals surface area (Å²) in [7, 11) is 0. The monoisotopic (exact) mass is 288 g/mol. The van der Waals surface area contributed by atoms with Crippen LogP contribution >= 0.6 is 35.0 Å². The molecule has 1 unspecified atom stereocenters. The van der Waals surface area contributed by atoms with Crippen molar-refractivity contribution in [1.29, 1.82) is 0 Å². The maximum absolute atomic E-state index is 6.11. The molecule has 0 amide bonds. The number of thioether (sulfide) groups is 1. The lowest BCUT2D eigenvalue weighted by Crippen LogP contribution is -2.07. The summed E-state index contributed by atoms with van der Waals surface area (Å²) in [5.41, 5.74) is 0.822. The summed E-state index contributed by atoms with van der Waals surface area (Å²) in [5, 5.41) is 5.88. The molecule has 0 fully saturated rings. The van der Waals surface area contributed by atoms with E-state index in [4.69, 9.17) is 23.2 Å². The fourth-order valence-corrected chi connectivity index (χ4v) is 3.16. The number of halogens is 2. The molecule has 1 aromatic rings. The van der Waals surface area contributed by atoms with Crippen molar-refractivity contribution < 1.29 is 0 Å². The summed E-state index contributed by atoms with van der Waals surface area (Å²) >= 11 is 13.9. The van der Waals surface area contributed by atoms with E-state index in [2.05, 4.69) is 17.2 Å². The van der Waals surface area contributed by atoms with Crippen LogP contribution in [-0.2, 0) is 0 Å². The number of hydrogen-bond acceptors (Lipinski definition) is 3. The van der Waals surface area contributed by atoms with Crippen LogP contribution in [0.15, 0.2) is 23.2 Å². The van der Waals surface area contributed by atoms with Gasteiger partial charge in [0.1, 0.15) is 0 Å². The van der Waals surface area contributed by atoms with Crippen LogP contribution in [0.4, 0.5) is 5.69 Å². The Balaban J connectivity index is 2.01. The number of rotatable bonds is 3. The fourth-order valence-electron chi connectivity index (χ4n) is 1.67. The second-order valence-corrected chi connectivity index (χ2v) is 5.97. The average molecular weight is 289 g/mol. The lowest BCUT2D eigenvalue weighted by atomic mass is 10.2. The summed E-state index contributed by atoms with van der Waals surface area (Å²) in [4.78, 5) is 4.47. The quantitative estimate of drug-likeness (QED) is 0.874. The van der Waals surface area contributed by atoms with Gasteiger partial charge in [-0.2, -0.15) is 0 Å². The summed E-state index contributed by atoms with van der Waals surface area (Å²) < 4.78 is 0. The van der Waals surface area contributed by atoms with E-state index in [0.29, 0.717) is 15.3 Å². The smallest absolute Gasteiger partial charge is 0.161 e. The first kappa shape index (κ1) is 13.1. The molecular formula is C12H14Cl2N2S. The van der Waals surface area contributed by atoms with Crippen molar-refractivity contribution in [3.8, 4) is 0 Å². The van der Waals surface area contributed by atoms with E-state index in [1.807, 2.05) is 12.1 Å². The molecular weight excluding hydrogens is 275 g/mol. The lowest BCUT2D eigenvalue weighted by molar-refractivity contribution is 0.754. The Morgan fingerprint density at radius 1 is 1.47 bits per heavy atom. The third kappa shape index (κ3) is 3.30. The second kappa shape index (κ2) is 5.98. The Morgan fingerprint density at radius 3 is 3.06 bits per heavy atom. The van der Waals surface area contributed by atoms with Crippen LogP contribution in [0.3, 0.4) is 0 Å². The van der Waals surface area contributed by atoms with Crippen molar-refractivity contribution in [3.63, 3.8) is 0 Å².